The first kappa shape index (κ1) is 21.7. The molecule has 0 spiro atoms. The van der Waals surface area contributed by atoms with Crippen LogP contribution >= 0.6 is 0 Å². The third kappa shape index (κ3) is 5.58. The first-order valence-electron chi connectivity index (χ1n) is 12.6. The Labute approximate surface area is 184 Å². The molecule has 4 rings (SSSR count). The summed E-state index contributed by atoms with van der Waals surface area (Å²) in [6, 6.07) is 5.30. The molecule has 2 heteroatoms. The molecule has 0 amide bonds. The van der Waals surface area contributed by atoms with E-state index in [1.807, 2.05) is 0 Å². The lowest BCUT2D eigenvalue weighted by atomic mass is 9.77. The van der Waals surface area contributed by atoms with Crippen LogP contribution in [0.5, 0.6) is 0 Å². The van der Waals surface area contributed by atoms with Gasteiger partial charge in [-0.1, -0.05) is 50.3 Å². The van der Waals surface area contributed by atoms with Crippen molar-refractivity contribution < 1.29 is 0 Å². The predicted octanol–water partition coefficient (Wildman–Crippen LogP) is 6.93. The Balaban J connectivity index is 1.30. The number of rotatable bonds is 9. The Kier molecular flexibility index (Phi) is 7.71. The molecule has 1 aromatic heterocycles. The third-order valence-electron chi connectivity index (χ3n) is 7.98. The normalized spacial score (nSPS) is 27.4. The monoisotopic (exact) mass is 406 g/mol. The third-order valence-corrected chi connectivity index (χ3v) is 7.98. The zero-order valence-electron chi connectivity index (χ0n) is 19.2. The van der Waals surface area contributed by atoms with Gasteiger partial charge in [0.1, 0.15) is 0 Å². The van der Waals surface area contributed by atoms with E-state index in [1.54, 1.807) is 0 Å². The lowest BCUT2D eigenvalue weighted by molar-refractivity contribution is 0.234. The minimum atomic E-state index is 0.646. The Morgan fingerprint density at radius 2 is 1.77 bits per heavy atom. The maximum atomic E-state index is 4.07. The van der Waals surface area contributed by atoms with Crippen LogP contribution in [0.2, 0.25) is 0 Å². The molecule has 5 atom stereocenters. The van der Waals surface area contributed by atoms with Crippen molar-refractivity contribution in [3.63, 3.8) is 0 Å². The molecule has 0 aromatic carbocycles. The summed E-state index contributed by atoms with van der Waals surface area (Å²) in [6.45, 7) is 6.01. The topological polar surface area (TPSA) is 27.8 Å². The smallest absolute Gasteiger partial charge is 0.0187 e. The molecule has 1 heterocycles. The Hall–Kier alpha value is -1.54. The van der Waals surface area contributed by atoms with E-state index < -0.39 is 0 Å². The van der Waals surface area contributed by atoms with Gasteiger partial charge in [-0.3, -0.25) is 0 Å². The fraction of sp³-hybridized carbons (Fsp3) is 0.643. The van der Waals surface area contributed by atoms with Crippen molar-refractivity contribution in [3.05, 3.63) is 60.0 Å². The number of H-pyrrole nitrogens is 1. The zero-order chi connectivity index (χ0) is 20.8. The molecule has 0 radical (unpaired) electrons. The average molecular weight is 407 g/mol. The second-order valence-corrected chi connectivity index (χ2v) is 10.2. The van der Waals surface area contributed by atoms with Crippen LogP contribution in [0.4, 0.5) is 0 Å². The van der Waals surface area contributed by atoms with Crippen LogP contribution in [-0.2, 0) is 6.42 Å². The van der Waals surface area contributed by atoms with Crippen LogP contribution in [0.15, 0.2) is 48.6 Å². The number of hydrogen-bond acceptors (Lipinski definition) is 1. The molecular formula is C28H42N2. The van der Waals surface area contributed by atoms with Crippen LogP contribution in [-0.4, -0.2) is 17.6 Å². The van der Waals surface area contributed by atoms with Crippen molar-refractivity contribution in [2.45, 2.75) is 83.6 Å². The summed E-state index contributed by atoms with van der Waals surface area (Å²) in [7, 11) is 0. The van der Waals surface area contributed by atoms with Gasteiger partial charge in [0.25, 0.3) is 0 Å². The summed E-state index contributed by atoms with van der Waals surface area (Å²) in [5, 5.41) is 4.07. The molecular weight excluding hydrogens is 364 g/mol. The first-order valence-corrected chi connectivity index (χ1v) is 12.6. The maximum Gasteiger partial charge on any atom is 0.0187 e. The van der Waals surface area contributed by atoms with Gasteiger partial charge in [-0.2, -0.15) is 0 Å². The molecule has 164 valence electrons. The highest BCUT2D eigenvalue weighted by Gasteiger charge is 2.29. The standard InChI is InChI=1S/C28H42N2/c1-21(19-26-17-18-27(30-26)23-11-9-10-12-23)22(2)20-29-28(24-13-5-3-6-14-24)25-15-7-4-8-16-25/h3,5,7,9-10,15,17-18,21-25,28-30H,4,6,8,11-14,16,19-20H2,1-2H3. The van der Waals surface area contributed by atoms with Gasteiger partial charge >= 0.3 is 0 Å². The van der Waals surface area contributed by atoms with Crippen molar-refractivity contribution in [1.29, 1.82) is 0 Å². The summed E-state index contributed by atoms with van der Waals surface area (Å²) < 4.78 is 0. The Morgan fingerprint density at radius 3 is 2.50 bits per heavy atom. The highest BCUT2D eigenvalue weighted by atomic mass is 14.9. The fourth-order valence-corrected chi connectivity index (χ4v) is 5.71. The quantitative estimate of drug-likeness (QED) is 0.427. The Bertz CT molecular complexity index is 732. The van der Waals surface area contributed by atoms with Crippen LogP contribution in [0.25, 0.3) is 0 Å². The van der Waals surface area contributed by atoms with E-state index >= 15 is 0 Å². The summed E-state index contributed by atoms with van der Waals surface area (Å²) >= 11 is 0. The van der Waals surface area contributed by atoms with E-state index in [0.717, 1.165) is 24.8 Å². The predicted molar refractivity (Wildman–Crippen MR) is 129 cm³/mol. The van der Waals surface area contributed by atoms with Crippen molar-refractivity contribution >= 4 is 0 Å². The van der Waals surface area contributed by atoms with E-state index in [2.05, 4.69) is 72.7 Å². The minimum absolute atomic E-state index is 0.646. The van der Waals surface area contributed by atoms with Crippen molar-refractivity contribution in [3.8, 4) is 0 Å². The molecule has 2 nitrogen and oxygen atoms in total. The highest BCUT2D eigenvalue weighted by molar-refractivity contribution is 5.21. The lowest BCUT2D eigenvalue weighted by Crippen LogP contribution is -2.45. The summed E-state index contributed by atoms with van der Waals surface area (Å²) in [4.78, 5) is 3.73. The molecule has 0 saturated carbocycles. The second-order valence-electron chi connectivity index (χ2n) is 10.2. The molecule has 0 fully saturated rings. The van der Waals surface area contributed by atoms with Gasteiger partial charge in [-0.25, -0.2) is 0 Å². The summed E-state index contributed by atoms with van der Waals surface area (Å²) in [6.07, 6.45) is 25.8. The SMILES string of the molecule is CC(CNC(C1C=CCCC1)C1CC=CCC1)C(C)Cc1ccc(C2CC=CC2)[nH]1. The largest absolute Gasteiger partial charge is 0.362 e. The molecule has 2 N–H and O–H groups in total. The van der Waals surface area contributed by atoms with Crippen molar-refractivity contribution in [2.75, 3.05) is 6.54 Å². The number of hydrogen-bond donors (Lipinski definition) is 2. The van der Waals surface area contributed by atoms with Crippen LogP contribution in [0, 0.1) is 23.7 Å². The molecule has 0 saturated heterocycles. The van der Waals surface area contributed by atoms with Crippen LogP contribution in [0.3, 0.4) is 0 Å². The van der Waals surface area contributed by atoms with Crippen LogP contribution < -0.4 is 5.32 Å². The number of aromatic nitrogens is 1. The summed E-state index contributed by atoms with van der Waals surface area (Å²) in [5.41, 5.74) is 2.85. The minimum Gasteiger partial charge on any atom is -0.362 e. The molecule has 1 aromatic rings. The average Bonchev–Trinajstić information content (AvgIpc) is 3.47. The number of aromatic amines is 1. The molecule has 5 unspecified atom stereocenters. The van der Waals surface area contributed by atoms with Gasteiger partial charge in [0.2, 0.25) is 0 Å². The number of allylic oxidation sites excluding steroid dienone is 5. The summed E-state index contributed by atoms with van der Waals surface area (Å²) in [5.74, 6) is 3.57. The van der Waals surface area contributed by atoms with Gasteiger partial charge in [0.05, 0.1) is 0 Å². The second kappa shape index (κ2) is 10.7. The lowest BCUT2D eigenvalue weighted by Gasteiger charge is -2.36. The highest BCUT2D eigenvalue weighted by Crippen LogP contribution is 2.32. The molecule has 3 aliphatic carbocycles. The van der Waals surface area contributed by atoms with Gasteiger partial charge < -0.3 is 10.3 Å². The Morgan fingerprint density at radius 1 is 0.933 bits per heavy atom. The van der Waals surface area contributed by atoms with Gasteiger partial charge in [0, 0.05) is 23.3 Å². The molecule has 3 aliphatic rings. The van der Waals surface area contributed by atoms with E-state index in [1.165, 1.54) is 62.8 Å². The first-order chi connectivity index (χ1) is 14.7. The van der Waals surface area contributed by atoms with Crippen molar-refractivity contribution in [1.82, 2.24) is 10.3 Å². The van der Waals surface area contributed by atoms with Crippen molar-refractivity contribution in [2.24, 2.45) is 23.7 Å². The van der Waals surface area contributed by atoms with E-state index in [4.69, 9.17) is 0 Å². The molecule has 0 bridgehead atoms. The van der Waals surface area contributed by atoms with Crippen LogP contribution in [0.1, 0.15) is 82.5 Å². The molecule has 0 aliphatic heterocycles. The molecule has 30 heavy (non-hydrogen) atoms. The van der Waals surface area contributed by atoms with E-state index in [9.17, 15) is 0 Å². The van der Waals surface area contributed by atoms with Gasteiger partial charge in [0.15, 0.2) is 0 Å². The number of nitrogens with one attached hydrogen (secondary N) is 2. The van der Waals surface area contributed by atoms with Gasteiger partial charge in [-0.05, 0) is 100 Å². The van der Waals surface area contributed by atoms with E-state index in [0.29, 0.717) is 23.8 Å². The fourth-order valence-electron chi connectivity index (χ4n) is 5.71. The van der Waals surface area contributed by atoms with E-state index in [-0.39, 0.29) is 0 Å². The van der Waals surface area contributed by atoms with Gasteiger partial charge in [-0.15, -0.1) is 0 Å². The zero-order valence-corrected chi connectivity index (χ0v) is 19.2. The maximum absolute atomic E-state index is 4.07.